The molecular formula is C14H12N4O2. The van der Waals surface area contributed by atoms with Crippen LogP contribution in [-0.4, -0.2) is 9.91 Å². The molecule has 0 saturated heterocycles. The summed E-state index contributed by atoms with van der Waals surface area (Å²) in [7, 11) is 0. The van der Waals surface area contributed by atoms with Gasteiger partial charge in [0.2, 0.25) is 0 Å². The number of nitro groups is 1. The molecule has 1 N–H and O–H groups in total. The third-order valence-electron chi connectivity index (χ3n) is 2.91. The SMILES string of the molecule is CC(Nc1ccncc1[N+](=O)[O-])c1ccc(C#N)cc1. The summed E-state index contributed by atoms with van der Waals surface area (Å²) in [6.07, 6.45) is 2.72. The van der Waals surface area contributed by atoms with Gasteiger partial charge in [-0.3, -0.25) is 15.1 Å². The van der Waals surface area contributed by atoms with Gasteiger partial charge in [0, 0.05) is 12.2 Å². The van der Waals surface area contributed by atoms with Crippen LogP contribution in [0.25, 0.3) is 0 Å². The summed E-state index contributed by atoms with van der Waals surface area (Å²) < 4.78 is 0. The van der Waals surface area contributed by atoms with Crippen molar-refractivity contribution < 1.29 is 4.92 Å². The van der Waals surface area contributed by atoms with E-state index in [4.69, 9.17) is 5.26 Å². The summed E-state index contributed by atoms with van der Waals surface area (Å²) in [5.74, 6) is 0. The molecule has 6 nitrogen and oxygen atoms in total. The topological polar surface area (TPSA) is 91.8 Å². The molecule has 6 heteroatoms. The lowest BCUT2D eigenvalue weighted by Gasteiger charge is -2.15. The van der Waals surface area contributed by atoms with Crippen LogP contribution < -0.4 is 5.32 Å². The van der Waals surface area contributed by atoms with Gasteiger partial charge in [-0.15, -0.1) is 0 Å². The minimum Gasteiger partial charge on any atom is -0.373 e. The zero-order chi connectivity index (χ0) is 14.5. The van der Waals surface area contributed by atoms with Crippen LogP contribution >= 0.6 is 0 Å². The Bertz CT molecular complexity index is 662. The van der Waals surface area contributed by atoms with E-state index < -0.39 is 4.92 Å². The summed E-state index contributed by atoms with van der Waals surface area (Å²) >= 11 is 0. The smallest absolute Gasteiger partial charge is 0.310 e. The summed E-state index contributed by atoms with van der Waals surface area (Å²) in [4.78, 5) is 14.2. The first-order valence-corrected chi connectivity index (χ1v) is 5.97. The standard InChI is InChI=1S/C14H12N4O2/c1-10(12-4-2-11(8-15)3-5-12)17-13-6-7-16-9-14(13)18(19)20/h2-7,9-10H,1H3,(H,16,17). The van der Waals surface area contributed by atoms with Crippen LogP contribution in [0, 0.1) is 21.4 Å². The fraction of sp³-hybridized carbons (Fsp3) is 0.143. The predicted octanol–water partition coefficient (Wildman–Crippen LogP) is 3.03. The van der Waals surface area contributed by atoms with Gasteiger partial charge in [0.25, 0.3) is 0 Å². The van der Waals surface area contributed by atoms with Crippen LogP contribution in [0.15, 0.2) is 42.7 Å². The second-order valence-corrected chi connectivity index (χ2v) is 4.25. The Morgan fingerprint density at radius 1 is 1.35 bits per heavy atom. The monoisotopic (exact) mass is 268 g/mol. The van der Waals surface area contributed by atoms with Gasteiger partial charge in [-0.05, 0) is 30.7 Å². The summed E-state index contributed by atoms with van der Waals surface area (Å²) in [6.45, 7) is 1.89. The maximum atomic E-state index is 10.9. The van der Waals surface area contributed by atoms with Crippen molar-refractivity contribution in [2.24, 2.45) is 0 Å². The lowest BCUT2D eigenvalue weighted by molar-refractivity contribution is -0.384. The van der Waals surface area contributed by atoms with Gasteiger partial charge in [-0.1, -0.05) is 12.1 Å². The fourth-order valence-corrected chi connectivity index (χ4v) is 1.82. The first kappa shape index (κ1) is 13.5. The molecule has 2 aromatic rings. The van der Waals surface area contributed by atoms with Crippen LogP contribution in [0.4, 0.5) is 11.4 Å². The maximum Gasteiger partial charge on any atom is 0.310 e. The van der Waals surface area contributed by atoms with Crippen LogP contribution in [0.5, 0.6) is 0 Å². The third kappa shape index (κ3) is 2.90. The molecule has 1 unspecified atom stereocenters. The molecule has 0 saturated carbocycles. The highest BCUT2D eigenvalue weighted by molar-refractivity contribution is 5.60. The van der Waals surface area contributed by atoms with E-state index in [0.717, 1.165) is 5.56 Å². The van der Waals surface area contributed by atoms with E-state index in [1.807, 2.05) is 25.1 Å². The van der Waals surface area contributed by atoms with E-state index in [2.05, 4.69) is 10.3 Å². The van der Waals surface area contributed by atoms with E-state index in [9.17, 15) is 10.1 Å². The quantitative estimate of drug-likeness (QED) is 0.679. The molecule has 0 aliphatic heterocycles. The Kier molecular flexibility index (Phi) is 3.91. The van der Waals surface area contributed by atoms with Crippen molar-refractivity contribution in [2.45, 2.75) is 13.0 Å². The van der Waals surface area contributed by atoms with Crippen molar-refractivity contribution >= 4 is 11.4 Å². The second kappa shape index (κ2) is 5.80. The molecule has 0 aliphatic rings. The van der Waals surface area contributed by atoms with Gasteiger partial charge >= 0.3 is 5.69 Å². The predicted molar refractivity (Wildman–Crippen MR) is 74.1 cm³/mol. The summed E-state index contributed by atoms with van der Waals surface area (Å²) in [5, 5.41) is 22.7. The van der Waals surface area contributed by atoms with Crippen LogP contribution in [0.1, 0.15) is 24.1 Å². The van der Waals surface area contributed by atoms with Crippen molar-refractivity contribution in [3.05, 3.63) is 64.0 Å². The molecule has 0 bridgehead atoms. The zero-order valence-corrected chi connectivity index (χ0v) is 10.8. The van der Waals surface area contributed by atoms with Gasteiger partial charge in [0.1, 0.15) is 11.9 Å². The molecule has 1 aromatic heterocycles. The van der Waals surface area contributed by atoms with Crippen LogP contribution in [0.2, 0.25) is 0 Å². The Morgan fingerprint density at radius 3 is 2.65 bits per heavy atom. The summed E-state index contributed by atoms with van der Waals surface area (Å²) in [5.41, 5.74) is 1.88. The van der Waals surface area contributed by atoms with E-state index in [-0.39, 0.29) is 11.7 Å². The highest BCUT2D eigenvalue weighted by Crippen LogP contribution is 2.26. The lowest BCUT2D eigenvalue weighted by atomic mass is 10.1. The molecule has 2 rings (SSSR count). The second-order valence-electron chi connectivity index (χ2n) is 4.25. The van der Waals surface area contributed by atoms with Gasteiger partial charge < -0.3 is 5.32 Å². The Balaban J connectivity index is 2.21. The van der Waals surface area contributed by atoms with Crippen molar-refractivity contribution in [3.8, 4) is 6.07 Å². The highest BCUT2D eigenvalue weighted by atomic mass is 16.6. The number of hydrogen-bond acceptors (Lipinski definition) is 5. The average Bonchev–Trinajstić information content (AvgIpc) is 2.47. The number of hydrogen-bond donors (Lipinski definition) is 1. The molecule has 20 heavy (non-hydrogen) atoms. The summed E-state index contributed by atoms with van der Waals surface area (Å²) in [6, 6.07) is 10.6. The van der Waals surface area contributed by atoms with Gasteiger partial charge in [0.05, 0.1) is 16.6 Å². The molecular weight excluding hydrogens is 256 g/mol. The molecule has 0 amide bonds. The molecule has 0 radical (unpaired) electrons. The molecule has 0 spiro atoms. The Morgan fingerprint density at radius 2 is 2.05 bits per heavy atom. The van der Waals surface area contributed by atoms with Crippen molar-refractivity contribution in [1.82, 2.24) is 4.98 Å². The van der Waals surface area contributed by atoms with Crippen molar-refractivity contribution in [3.63, 3.8) is 0 Å². The highest BCUT2D eigenvalue weighted by Gasteiger charge is 2.15. The number of anilines is 1. The normalized spacial score (nSPS) is 11.4. The van der Waals surface area contributed by atoms with Crippen LogP contribution in [-0.2, 0) is 0 Å². The van der Waals surface area contributed by atoms with Gasteiger partial charge in [0.15, 0.2) is 0 Å². The minimum atomic E-state index is -0.471. The number of pyridine rings is 1. The first-order valence-electron chi connectivity index (χ1n) is 5.97. The first-order chi connectivity index (χ1) is 9.61. The average molecular weight is 268 g/mol. The van der Waals surface area contributed by atoms with E-state index in [1.54, 1.807) is 18.2 Å². The van der Waals surface area contributed by atoms with Crippen molar-refractivity contribution in [1.29, 1.82) is 5.26 Å². The molecule has 1 heterocycles. The molecule has 1 aromatic carbocycles. The van der Waals surface area contributed by atoms with Crippen LogP contribution in [0.3, 0.4) is 0 Å². The minimum absolute atomic E-state index is 0.0620. The number of rotatable bonds is 4. The maximum absolute atomic E-state index is 10.9. The Labute approximate surface area is 115 Å². The van der Waals surface area contributed by atoms with Gasteiger partial charge in [-0.2, -0.15) is 5.26 Å². The molecule has 1 atom stereocenters. The largest absolute Gasteiger partial charge is 0.373 e. The number of aromatic nitrogens is 1. The zero-order valence-electron chi connectivity index (χ0n) is 10.8. The lowest BCUT2D eigenvalue weighted by Crippen LogP contribution is -2.08. The van der Waals surface area contributed by atoms with Crippen molar-refractivity contribution in [2.75, 3.05) is 5.32 Å². The molecule has 100 valence electrons. The van der Waals surface area contributed by atoms with E-state index in [0.29, 0.717) is 11.3 Å². The van der Waals surface area contributed by atoms with Gasteiger partial charge in [-0.25, -0.2) is 0 Å². The van der Waals surface area contributed by atoms with E-state index >= 15 is 0 Å². The Hall–Kier alpha value is -2.94. The number of nitrogens with zero attached hydrogens (tertiary/aromatic N) is 3. The third-order valence-corrected chi connectivity index (χ3v) is 2.91. The van der Waals surface area contributed by atoms with E-state index in [1.165, 1.54) is 12.4 Å². The number of benzene rings is 1. The number of nitrogens with one attached hydrogen (secondary N) is 1. The molecule has 0 aliphatic carbocycles. The molecule has 0 fully saturated rings. The number of nitriles is 1. The fourth-order valence-electron chi connectivity index (χ4n) is 1.82.